The number of hydrogen-bond donors (Lipinski definition) is 2. The average Bonchev–Trinajstić information content (AvgIpc) is 2.84. The third-order valence-corrected chi connectivity index (χ3v) is 9.25. The van der Waals surface area contributed by atoms with Crippen LogP contribution in [0.4, 0.5) is 0 Å². The van der Waals surface area contributed by atoms with Crippen LogP contribution in [0.2, 0.25) is 0 Å². The van der Waals surface area contributed by atoms with Gasteiger partial charge in [0, 0.05) is 12.3 Å². The molecule has 4 aliphatic carbocycles. The molecule has 0 radical (unpaired) electrons. The van der Waals surface area contributed by atoms with E-state index < -0.39 is 0 Å². The summed E-state index contributed by atoms with van der Waals surface area (Å²) < 4.78 is 0. The van der Waals surface area contributed by atoms with Crippen molar-refractivity contribution in [3.8, 4) is 0 Å². The molecule has 0 bridgehead atoms. The van der Waals surface area contributed by atoms with Gasteiger partial charge in [0.05, 0.1) is 12.2 Å². The number of rotatable bonds is 1. The monoisotopic (exact) mass is 337 g/mol. The lowest BCUT2D eigenvalue weighted by molar-refractivity contribution is -0.181. The molecular weight excluding hydrogens is 300 g/mol. The second kappa shape index (κ2) is 5.69. The smallest absolute Gasteiger partial charge is 0.157 e. The van der Waals surface area contributed by atoms with E-state index in [2.05, 4.69) is 13.8 Å². The van der Waals surface area contributed by atoms with E-state index in [4.69, 9.17) is 5.11 Å². The van der Waals surface area contributed by atoms with Crippen molar-refractivity contribution in [1.82, 2.24) is 0 Å². The highest BCUT2D eigenvalue weighted by molar-refractivity contribution is 5.12. The first-order chi connectivity index (χ1) is 11.3. The van der Waals surface area contributed by atoms with Crippen molar-refractivity contribution in [3.05, 3.63) is 0 Å². The van der Waals surface area contributed by atoms with Crippen LogP contribution in [0, 0.1) is 40.4 Å². The molecular formula is C21H37O3+. The number of hydrogen-bond acceptors (Lipinski definition) is 2. The standard InChI is InChI=1S/C21H36O3/c1-12(22)16-6-7-17-15-5-4-13-10-14(23)8-9-20(13,2)19(15)18(24)11-21(16,17)3/h12-19,22-24H,4-11H2,1-3H3/p+1/t12?,13?,14-,15?,16+,17?,18-,19?,20-,21+/m0/s1. The number of fused-ring (bicyclic) bond motifs is 5. The van der Waals surface area contributed by atoms with Crippen LogP contribution in [0.5, 0.6) is 0 Å². The van der Waals surface area contributed by atoms with Crippen molar-refractivity contribution < 1.29 is 15.3 Å². The van der Waals surface area contributed by atoms with Crippen molar-refractivity contribution in [3.63, 3.8) is 0 Å². The molecule has 3 heteroatoms. The van der Waals surface area contributed by atoms with Gasteiger partial charge in [0.2, 0.25) is 0 Å². The van der Waals surface area contributed by atoms with Crippen molar-refractivity contribution in [2.24, 2.45) is 40.4 Å². The summed E-state index contributed by atoms with van der Waals surface area (Å²) in [5.74, 6) is 2.89. The fraction of sp³-hybridized carbons (Fsp3) is 1.00. The Kier molecular flexibility index (Phi) is 4.10. The van der Waals surface area contributed by atoms with Gasteiger partial charge in [-0.25, -0.2) is 0 Å². The quantitative estimate of drug-likeness (QED) is 0.722. The maximum atomic E-state index is 10.3. The highest BCUT2D eigenvalue weighted by Gasteiger charge is 2.64. The van der Waals surface area contributed by atoms with Gasteiger partial charge in [0.25, 0.3) is 0 Å². The highest BCUT2D eigenvalue weighted by Crippen LogP contribution is 2.67. The summed E-state index contributed by atoms with van der Waals surface area (Å²) in [5.41, 5.74) is 0.429. The Bertz CT molecular complexity index is 491. The first kappa shape index (κ1) is 17.3. The minimum Gasteiger partial charge on any atom is -0.443 e. The molecule has 4 rings (SSSR count). The van der Waals surface area contributed by atoms with E-state index >= 15 is 0 Å². The molecule has 0 aliphatic heterocycles. The summed E-state index contributed by atoms with van der Waals surface area (Å²) in [4.78, 5) is 0. The molecule has 138 valence electrons. The Morgan fingerprint density at radius 2 is 1.79 bits per heavy atom. The van der Waals surface area contributed by atoms with Crippen molar-refractivity contribution in [2.75, 3.05) is 0 Å². The Labute approximate surface area is 146 Å². The fourth-order valence-corrected chi connectivity index (χ4v) is 8.25. The Balaban J connectivity index is 1.66. The third-order valence-electron chi connectivity index (χ3n) is 9.25. The molecule has 0 aromatic rings. The van der Waals surface area contributed by atoms with Crippen molar-refractivity contribution in [1.29, 1.82) is 0 Å². The lowest BCUT2D eigenvalue weighted by atomic mass is 9.44. The van der Waals surface area contributed by atoms with E-state index in [9.17, 15) is 10.2 Å². The second-order valence-electron chi connectivity index (χ2n) is 10.2. The largest absolute Gasteiger partial charge is 0.443 e. The van der Waals surface area contributed by atoms with E-state index in [0.29, 0.717) is 29.6 Å². The molecule has 4 fully saturated rings. The molecule has 0 aromatic heterocycles. The van der Waals surface area contributed by atoms with Gasteiger partial charge in [0.15, 0.2) is 6.10 Å². The maximum Gasteiger partial charge on any atom is 0.157 e. The summed E-state index contributed by atoms with van der Waals surface area (Å²) in [7, 11) is 0. The summed E-state index contributed by atoms with van der Waals surface area (Å²) in [6.07, 6.45) is 8.54. The molecule has 0 aromatic carbocycles. The van der Waals surface area contributed by atoms with Crippen LogP contribution in [0.25, 0.3) is 0 Å². The van der Waals surface area contributed by atoms with Crippen LogP contribution in [-0.2, 0) is 0 Å². The summed E-state index contributed by atoms with van der Waals surface area (Å²) >= 11 is 0. The summed E-state index contributed by atoms with van der Waals surface area (Å²) in [5, 5.41) is 29.5. The van der Waals surface area contributed by atoms with Crippen LogP contribution < -0.4 is 0 Å². The molecule has 0 heterocycles. The first-order valence-electron chi connectivity index (χ1n) is 10.3. The molecule has 4 saturated carbocycles. The minimum absolute atomic E-state index is 0.0126. The number of aliphatic hydroxyl groups excluding tert-OH is 2. The molecule has 0 saturated heterocycles. The van der Waals surface area contributed by atoms with Gasteiger partial charge in [-0.2, -0.15) is 0 Å². The van der Waals surface area contributed by atoms with Gasteiger partial charge in [-0.1, -0.05) is 13.8 Å². The normalized spacial score (nSPS) is 58.5. The molecule has 3 nitrogen and oxygen atoms in total. The predicted octanol–water partition coefficient (Wildman–Crippen LogP) is 3.09. The van der Waals surface area contributed by atoms with Crippen LogP contribution in [0.3, 0.4) is 0 Å². The number of aliphatic hydroxyl groups is 2. The fourth-order valence-electron chi connectivity index (χ4n) is 8.25. The van der Waals surface area contributed by atoms with Gasteiger partial charge in [-0.05, 0) is 86.4 Å². The minimum atomic E-state index is -0.236. The SMILES string of the molecule is CC(O)[C@H]1CCC2C3CCC4C[C@@H](O)CC[C@]4(C)C3[C@@H]([OH2+])C[C@@]21C. The van der Waals surface area contributed by atoms with Gasteiger partial charge >= 0.3 is 0 Å². The van der Waals surface area contributed by atoms with E-state index in [1.165, 1.54) is 19.3 Å². The molecule has 10 atom stereocenters. The maximum absolute atomic E-state index is 10.3. The van der Waals surface area contributed by atoms with Crippen LogP contribution in [0.1, 0.15) is 72.1 Å². The van der Waals surface area contributed by atoms with Crippen LogP contribution in [0.15, 0.2) is 0 Å². The summed E-state index contributed by atoms with van der Waals surface area (Å²) in [6.45, 7) is 6.80. The molecule has 0 amide bonds. The van der Waals surface area contributed by atoms with Gasteiger partial charge < -0.3 is 15.3 Å². The van der Waals surface area contributed by atoms with Crippen LogP contribution >= 0.6 is 0 Å². The zero-order chi connectivity index (χ0) is 17.3. The second-order valence-corrected chi connectivity index (χ2v) is 10.2. The topological polar surface area (TPSA) is 63.4 Å². The van der Waals surface area contributed by atoms with E-state index in [-0.39, 0.29) is 29.1 Å². The van der Waals surface area contributed by atoms with Gasteiger partial charge in [-0.15, -0.1) is 0 Å². The molecule has 24 heavy (non-hydrogen) atoms. The summed E-state index contributed by atoms with van der Waals surface area (Å²) in [6, 6.07) is 0. The first-order valence-corrected chi connectivity index (χ1v) is 10.3. The molecule has 4 N–H and O–H groups in total. The molecule has 0 spiro atoms. The van der Waals surface area contributed by atoms with E-state index in [0.717, 1.165) is 32.1 Å². The zero-order valence-electron chi connectivity index (χ0n) is 15.7. The molecule has 4 aliphatic rings. The predicted molar refractivity (Wildman–Crippen MR) is 95.7 cm³/mol. The van der Waals surface area contributed by atoms with Gasteiger partial charge in [0.1, 0.15) is 0 Å². The van der Waals surface area contributed by atoms with Crippen molar-refractivity contribution >= 4 is 0 Å². The Morgan fingerprint density at radius 3 is 2.50 bits per heavy atom. The van der Waals surface area contributed by atoms with E-state index in [1.54, 1.807) is 0 Å². The van der Waals surface area contributed by atoms with Gasteiger partial charge in [-0.3, -0.25) is 0 Å². The van der Waals surface area contributed by atoms with Crippen LogP contribution in [-0.4, -0.2) is 33.6 Å². The highest BCUT2D eigenvalue weighted by atomic mass is 16.3. The Morgan fingerprint density at radius 1 is 1.04 bits per heavy atom. The average molecular weight is 338 g/mol. The third kappa shape index (κ3) is 2.27. The Hall–Kier alpha value is -0.120. The lowest BCUT2D eigenvalue weighted by Crippen LogP contribution is -2.59. The van der Waals surface area contributed by atoms with E-state index in [1.807, 2.05) is 6.92 Å². The lowest BCUT2D eigenvalue weighted by Gasteiger charge is -2.61. The van der Waals surface area contributed by atoms with Crippen molar-refractivity contribution in [2.45, 2.75) is 90.4 Å². The molecule has 5 unspecified atom stereocenters. The zero-order valence-corrected chi connectivity index (χ0v) is 15.7.